The number of nitrogens with zero attached hydrogens (tertiary/aromatic N) is 3. The van der Waals surface area contributed by atoms with Crippen LogP contribution < -0.4 is 0 Å². The molecule has 0 atom stereocenters. The summed E-state index contributed by atoms with van der Waals surface area (Å²) in [6.45, 7) is 0. The van der Waals surface area contributed by atoms with Crippen LogP contribution in [-0.2, 0) is 0 Å². The molecule has 0 aliphatic heterocycles. The Morgan fingerprint density at radius 2 is 0.804 bits per heavy atom. The molecule has 0 fully saturated rings. The average molecular weight is 586 g/mol. The first-order chi connectivity index (χ1) is 22.8. The van der Waals surface area contributed by atoms with E-state index in [0.29, 0.717) is 17.5 Å². The first kappa shape index (κ1) is 26.2. The monoisotopic (exact) mass is 585 g/mol. The molecule has 1 aromatic heterocycles. The second-order valence-electron chi connectivity index (χ2n) is 11.6. The lowest BCUT2D eigenvalue weighted by Gasteiger charge is -2.14. The maximum atomic E-state index is 5.24. The number of fused-ring (bicyclic) bond motifs is 6. The molecule has 0 radical (unpaired) electrons. The van der Waals surface area contributed by atoms with Gasteiger partial charge in [-0.2, -0.15) is 0 Å². The van der Waals surface area contributed by atoms with E-state index in [9.17, 15) is 0 Å². The Bertz CT molecular complexity index is 2570. The summed E-state index contributed by atoms with van der Waals surface area (Å²) in [5.41, 5.74) is 5.20. The van der Waals surface area contributed by atoms with E-state index < -0.39 is 0 Å². The molecule has 8 aromatic carbocycles. The maximum Gasteiger partial charge on any atom is 0.164 e. The molecule has 1 heterocycles. The first-order valence-corrected chi connectivity index (χ1v) is 15.5. The summed E-state index contributed by atoms with van der Waals surface area (Å²) in [6.07, 6.45) is 0. The van der Waals surface area contributed by atoms with Crippen molar-refractivity contribution in [1.29, 1.82) is 0 Å². The fourth-order valence-electron chi connectivity index (χ4n) is 6.68. The van der Waals surface area contributed by atoms with Crippen molar-refractivity contribution in [3.05, 3.63) is 164 Å². The van der Waals surface area contributed by atoms with Gasteiger partial charge in [0.05, 0.1) is 0 Å². The molecule has 0 aliphatic rings. The van der Waals surface area contributed by atoms with Crippen LogP contribution in [-0.4, -0.2) is 15.0 Å². The smallest absolute Gasteiger partial charge is 0.164 e. The van der Waals surface area contributed by atoms with Crippen molar-refractivity contribution >= 4 is 43.1 Å². The van der Waals surface area contributed by atoms with Gasteiger partial charge < -0.3 is 0 Å². The standard InChI is InChI=1S/C43H27N3/c1-3-12-28(13-4-1)32-26-31-17-8-10-19-34(31)40(27-32)43-45-41(30-15-5-2-6-16-30)44-42(46-43)39-21-11-20-35-37-23-22-29-14-7-9-18-33(29)36(37)24-25-38(35)39/h1-27H. The minimum Gasteiger partial charge on any atom is -0.208 e. The van der Waals surface area contributed by atoms with Crippen molar-refractivity contribution < 1.29 is 0 Å². The van der Waals surface area contributed by atoms with E-state index in [1.807, 2.05) is 24.3 Å². The molecule has 0 unspecified atom stereocenters. The summed E-state index contributed by atoms with van der Waals surface area (Å²) in [6, 6.07) is 57.5. The second kappa shape index (κ2) is 10.8. The largest absolute Gasteiger partial charge is 0.208 e. The normalized spacial score (nSPS) is 11.5. The zero-order valence-corrected chi connectivity index (χ0v) is 24.9. The van der Waals surface area contributed by atoms with Crippen molar-refractivity contribution in [3.8, 4) is 45.3 Å². The Morgan fingerprint density at radius 1 is 0.261 bits per heavy atom. The van der Waals surface area contributed by atoms with Crippen LogP contribution in [0.4, 0.5) is 0 Å². The molecule has 3 nitrogen and oxygen atoms in total. The SMILES string of the molecule is c1ccc(-c2cc(-c3nc(-c4ccccc4)nc(-c4cccc5c4ccc4c6ccccc6ccc54)n3)c3ccccc3c2)cc1. The maximum absolute atomic E-state index is 5.24. The first-order valence-electron chi connectivity index (χ1n) is 15.5. The van der Waals surface area contributed by atoms with Gasteiger partial charge >= 0.3 is 0 Å². The van der Waals surface area contributed by atoms with Gasteiger partial charge in [0.1, 0.15) is 0 Å². The third-order valence-electron chi connectivity index (χ3n) is 8.90. The lowest BCUT2D eigenvalue weighted by Crippen LogP contribution is -2.01. The van der Waals surface area contributed by atoms with Crippen molar-refractivity contribution in [2.75, 3.05) is 0 Å². The third kappa shape index (κ3) is 4.41. The number of hydrogen-bond donors (Lipinski definition) is 0. The van der Waals surface area contributed by atoms with Gasteiger partial charge in [0.2, 0.25) is 0 Å². The Balaban J connectivity index is 1.32. The van der Waals surface area contributed by atoms with E-state index in [4.69, 9.17) is 15.0 Å². The average Bonchev–Trinajstić information content (AvgIpc) is 3.14. The molecule has 0 bridgehead atoms. The molecule has 0 amide bonds. The van der Waals surface area contributed by atoms with Gasteiger partial charge in [0.25, 0.3) is 0 Å². The number of hydrogen-bond acceptors (Lipinski definition) is 3. The summed E-state index contributed by atoms with van der Waals surface area (Å²) >= 11 is 0. The molecule has 0 aliphatic carbocycles. The van der Waals surface area contributed by atoms with Crippen molar-refractivity contribution in [3.63, 3.8) is 0 Å². The van der Waals surface area contributed by atoms with Gasteiger partial charge in [0.15, 0.2) is 17.5 Å². The molecule has 0 spiro atoms. The van der Waals surface area contributed by atoms with Crippen LogP contribution >= 0.6 is 0 Å². The fraction of sp³-hybridized carbons (Fsp3) is 0. The van der Waals surface area contributed by atoms with E-state index in [1.54, 1.807) is 0 Å². The van der Waals surface area contributed by atoms with Crippen molar-refractivity contribution in [1.82, 2.24) is 15.0 Å². The summed E-state index contributed by atoms with van der Waals surface area (Å²) in [4.78, 5) is 15.5. The summed E-state index contributed by atoms with van der Waals surface area (Å²) in [7, 11) is 0. The summed E-state index contributed by atoms with van der Waals surface area (Å²) in [5, 5.41) is 9.51. The molecular weight excluding hydrogens is 558 g/mol. The van der Waals surface area contributed by atoms with Crippen LogP contribution in [0.3, 0.4) is 0 Å². The van der Waals surface area contributed by atoms with Crippen molar-refractivity contribution in [2.24, 2.45) is 0 Å². The van der Waals surface area contributed by atoms with E-state index in [0.717, 1.165) is 44.0 Å². The minimum atomic E-state index is 0.651. The van der Waals surface area contributed by atoms with Gasteiger partial charge in [-0.3, -0.25) is 0 Å². The van der Waals surface area contributed by atoms with E-state index >= 15 is 0 Å². The lowest BCUT2D eigenvalue weighted by molar-refractivity contribution is 1.08. The van der Waals surface area contributed by atoms with Crippen LogP contribution in [0, 0.1) is 0 Å². The Hall–Kier alpha value is -6.19. The van der Waals surface area contributed by atoms with Crippen LogP contribution in [0.1, 0.15) is 0 Å². The number of aromatic nitrogens is 3. The highest BCUT2D eigenvalue weighted by Crippen LogP contribution is 2.38. The molecule has 9 rings (SSSR count). The van der Waals surface area contributed by atoms with Gasteiger partial charge in [-0.05, 0) is 66.3 Å². The molecule has 3 heteroatoms. The predicted octanol–water partition coefficient (Wildman–Crippen LogP) is 11.2. The predicted molar refractivity (Wildman–Crippen MR) is 192 cm³/mol. The number of benzene rings is 8. The van der Waals surface area contributed by atoms with E-state index in [1.165, 1.54) is 26.9 Å². The molecular formula is C43H27N3. The molecule has 214 valence electrons. The zero-order chi connectivity index (χ0) is 30.5. The van der Waals surface area contributed by atoms with Gasteiger partial charge in [-0.1, -0.05) is 152 Å². The van der Waals surface area contributed by atoms with Gasteiger partial charge in [-0.15, -0.1) is 0 Å². The summed E-state index contributed by atoms with van der Waals surface area (Å²) in [5.74, 6) is 1.96. The molecule has 0 saturated carbocycles. The summed E-state index contributed by atoms with van der Waals surface area (Å²) < 4.78 is 0. The highest BCUT2D eigenvalue weighted by atomic mass is 15.0. The molecule has 46 heavy (non-hydrogen) atoms. The topological polar surface area (TPSA) is 38.7 Å². The van der Waals surface area contributed by atoms with Crippen LogP contribution in [0.5, 0.6) is 0 Å². The third-order valence-corrected chi connectivity index (χ3v) is 8.90. The van der Waals surface area contributed by atoms with Crippen LogP contribution in [0.25, 0.3) is 88.4 Å². The molecule has 0 N–H and O–H groups in total. The Labute approximate surface area is 266 Å². The molecule has 9 aromatic rings. The quantitative estimate of drug-likeness (QED) is 0.193. The Kier molecular flexibility index (Phi) is 6.14. The fourth-order valence-corrected chi connectivity index (χ4v) is 6.68. The highest BCUT2D eigenvalue weighted by Gasteiger charge is 2.17. The Morgan fingerprint density at radius 3 is 1.61 bits per heavy atom. The van der Waals surface area contributed by atoms with E-state index in [2.05, 4.69) is 140 Å². The number of rotatable bonds is 4. The van der Waals surface area contributed by atoms with Crippen molar-refractivity contribution in [2.45, 2.75) is 0 Å². The van der Waals surface area contributed by atoms with Crippen LogP contribution in [0.15, 0.2) is 164 Å². The second-order valence-corrected chi connectivity index (χ2v) is 11.6. The zero-order valence-electron chi connectivity index (χ0n) is 24.9. The molecule has 0 saturated heterocycles. The lowest BCUT2D eigenvalue weighted by atomic mass is 9.94. The highest BCUT2D eigenvalue weighted by molar-refractivity contribution is 6.19. The van der Waals surface area contributed by atoms with Gasteiger partial charge in [0, 0.05) is 16.7 Å². The van der Waals surface area contributed by atoms with Gasteiger partial charge in [-0.25, -0.2) is 15.0 Å². The minimum absolute atomic E-state index is 0.651. The van der Waals surface area contributed by atoms with E-state index in [-0.39, 0.29) is 0 Å². The van der Waals surface area contributed by atoms with Crippen LogP contribution in [0.2, 0.25) is 0 Å².